The Bertz CT molecular complexity index is 360. The van der Waals surface area contributed by atoms with Crippen molar-refractivity contribution in [1.82, 2.24) is 5.32 Å². The van der Waals surface area contributed by atoms with E-state index in [2.05, 4.69) is 31.3 Å². The third-order valence-corrected chi connectivity index (χ3v) is 4.42. The summed E-state index contributed by atoms with van der Waals surface area (Å²) in [6.45, 7) is 5.83. The van der Waals surface area contributed by atoms with Crippen molar-refractivity contribution in [3.8, 4) is 0 Å². The third-order valence-electron chi connectivity index (χ3n) is 4.16. The molecule has 0 amide bonds. The van der Waals surface area contributed by atoms with E-state index in [-0.39, 0.29) is 0 Å². The molecule has 1 N–H and O–H groups in total. The molecule has 1 aliphatic rings. The van der Waals surface area contributed by atoms with E-state index in [1.54, 1.807) is 0 Å². The van der Waals surface area contributed by atoms with Crippen LogP contribution in [0.5, 0.6) is 0 Å². The second-order valence-electron chi connectivity index (χ2n) is 5.83. The quantitative estimate of drug-likeness (QED) is 0.856. The van der Waals surface area contributed by atoms with Crippen molar-refractivity contribution in [3.63, 3.8) is 0 Å². The molecular weight excluding hydrogens is 242 g/mol. The molecule has 0 aromatic heterocycles. The molecule has 0 spiro atoms. The van der Waals surface area contributed by atoms with Crippen LogP contribution < -0.4 is 5.32 Å². The van der Waals surface area contributed by atoms with Gasteiger partial charge in [-0.2, -0.15) is 0 Å². The predicted molar refractivity (Wildman–Crippen MR) is 79.1 cm³/mol. The first-order valence-corrected chi connectivity index (χ1v) is 7.51. The van der Waals surface area contributed by atoms with Crippen molar-refractivity contribution >= 4 is 11.6 Å². The second kappa shape index (κ2) is 6.58. The molecule has 0 aliphatic heterocycles. The van der Waals surface area contributed by atoms with E-state index in [0.29, 0.717) is 6.04 Å². The molecule has 3 unspecified atom stereocenters. The monoisotopic (exact) mass is 265 g/mol. The maximum Gasteiger partial charge on any atom is 0.0406 e. The molecule has 0 saturated heterocycles. The highest BCUT2D eigenvalue weighted by Gasteiger charge is 2.24. The molecule has 1 fully saturated rings. The average molecular weight is 266 g/mol. The highest BCUT2D eigenvalue weighted by Crippen LogP contribution is 2.28. The summed E-state index contributed by atoms with van der Waals surface area (Å²) in [7, 11) is 0. The van der Waals surface area contributed by atoms with Crippen molar-refractivity contribution in [2.24, 2.45) is 11.8 Å². The van der Waals surface area contributed by atoms with E-state index in [4.69, 9.17) is 11.6 Å². The lowest BCUT2D eigenvalue weighted by atomic mass is 9.80. The van der Waals surface area contributed by atoms with Crippen molar-refractivity contribution in [3.05, 3.63) is 34.9 Å². The van der Waals surface area contributed by atoms with Gasteiger partial charge in [-0.25, -0.2) is 0 Å². The second-order valence-corrected chi connectivity index (χ2v) is 6.27. The molecule has 1 saturated carbocycles. The highest BCUT2D eigenvalue weighted by molar-refractivity contribution is 6.30. The van der Waals surface area contributed by atoms with Gasteiger partial charge < -0.3 is 5.32 Å². The standard InChI is InChI=1S/C16H24ClN/c1-12-3-8-16(13(2)11-12)18-10-9-14-4-6-15(17)7-5-14/h4-7,12-13,16,18H,3,8-11H2,1-2H3. The topological polar surface area (TPSA) is 12.0 Å². The zero-order valence-corrected chi connectivity index (χ0v) is 12.2. The molecule has 1 aromatic rings. The normalized spacial score (nSPS) is 28.3. The maximum absolute atomic E-state index is 5.88. The molecular formula is C16H24ClN. The Morgan fingerprint density at radius 1 is 1.17 bits per heavy atom. The molecule has 1 nitrogen and oxygen atoms in total. The zero-order chi connectivity index (χ0) is 13.0. The molecule has 100 valence electrons. The summed E-state index contributed by atoms with van der Waals surface area (Å²) < 4.78 is 0. The molecule has 3 atom stereocenters. The van der Waals surface area contributed by atoms with Gasteiger partial charge in [-0.15, -0.1) is 0 Å². The first-order valence-electron chi connectivity index (χ1n) is 7.13. The molecule has 0 heterocycles. The smallest absolute Gasteiger partial charge is 0.0406 e. The van der Waals surface area contributed by atoms with Gasteiger partial charge in [0.05, 0.1) is 0 Å². The van der Waals surface area contributed by atoms with Crippen LogP contribution in [0.15, 0.2) is 24.3 Å². The van der Waals surface area contributed by atoms with Crippen LogP contribution in [-0.4, -0.2) is 12.6 Å². The summed E-state index contributed by atoms with van der Waals surface area (Å²) in [6, 6.07) is 8.91. The largest absolute Gasteiger partial charge is 0.313 e. The van der Waals surface area contributed by atoms with E-state index in [0.717, 1.165) is 29.8 Å². The lowest BCUT2D eigenvalue weighted by molar-refractivity contribution is 0.229. The van der Waals surface area contributed by atoms with Gasteiger partial charge in [0.25, 0.3) is 0 Å². The van der Waals surface area contributed by atoms with Crippen LogP contribution in [0.3, 0.4) is 0 Å². The Morgan fingerprint density at radius 2 is 1.89 bits per heavy atom. The van der Waals surface area contributed by atoms with E-state index in [1.165, 1.54) is 24.8 Å². The van der Waals surface area contributed by atoms with Gasteiger partial charge in [0.15, 0.2) is 0 Å². The highest BCUT2D eigenvalue weighted by atomic mass is 35.5. The summed E-state index contributed by atoms with van der Waals surface area (Å²) in [4.78, 5) is 0. The van der Waals surface area contributed by atoms with E-state index in [9.17, 15) is 0 Å². The van der Waals surface area contributed by atoms with Crippen LogP contribution in [0, 0.1) is 11.8 Å². The summed E-state index contributed by atoms with van der Waals surface area (Å²) in [5, 5.41) is 4.54. The average Bonchev–Trinajstić information content (AvgIpc) is 2.34. The lowest BCUT2D eigenvalue weighted by Gasteiger charge is -2.33. The summed E-state index contributed by atoms with van der Waals surface area (Å²) in [6.07, 6.45) is 5.18. The molecule has 2 rings (SSSR count). The van der Waals surface area contributed by atoms with E-state index in [1.807, 2.05) is 12.1 Å². The Kier molecular flexibility index (Phi) is 5.08. The van der Waals surface area contributed by atoms with E-state index < -0.39 is 0 Å². The maximum atomic E-state index is 5.88. The van der Waals surface area contributed by atoms with E-state index >= 15 is 0 Å². The molecule has 18 heavy (non-hydrogen) atoms. The number of hydrogen-bond donors (Lipinski definition) is 1. The number of hydrogen-bond acceptors (Lipinski definition) is 1. The fourth-order valence-corrected chi connectivity index (χ4v) is 3.15. The van der Waals surface area contributed by atoms with Crippen LogP contribution in [-0.2, 0) is 6.42 Å². The molecule has 0 radical (unpaired) electrons. The Balaban J connectivity index is 1.73. The SMILES string of the molecule is CC1CCC(NCCc2ccc(Cl)cc2)C(C)C1. The number of halogens is 1. The minimum Gasteiger partial charge on any atom is -0.313 e. The van der Waals surface area contributed by atoms with Crippen LogP contribution in [0.4, 0.5) is 0 Å². The van der Waals surface area contributed by atoms with Crippen molar-refractivity contribution in [1.29, 1.82) is 0 Å². The summed E-state index contributed by atoms with van der Waals surface area (Å²) in [5.74, 6) is 1.73. The number of rotatable bonds is 4. The molecule has 1 aliphatic carbocycles. The van der Waals surface area contributed by atoms with Crippen LogP contribution in [0.2, 0.25) is 5.02 Å². The number of benzene rings is 1. The fraction of sp³-hybridized carbons (Fsp3) is 0.625. The van der Waals surface area contributed by atoms with Gasteiger partial charge in [-0.05, 0) is 61.8 Å². The number of nitrogens with one attached hydrogen (secondary N) is 1. The van der Waals surface area contributed by atoms with Crippen molar-refractivity contribution < 1.29 is 0 Å². The van der Waals surface area contributed by atoms with Gasteiger partial charge in [-0.1, -0.05) is 37.6 Å². The van der Waals surface area contributed by atoms with Gasteiger partial charge in [-0.3, -0.25) is 0 Å². The first kappa shape index (κ1) is 13.9. The summed E-state index contributed by atoms with van der Waals surface area (Å²) in [5.41, 5.74) is 1.36. The summed E-state index contributed by atoms with van der Waals surface area (Å²) >= 11 is 5.88. The van der Waals surface area contributed by atoms with Gasteiger partial charge in [0, 0.05) is 11.1 Å². The van der Waals surface area contributed by atoms with Crippen LogP contribution in [0.1, 0.15) is 38.7 Å². The van der Waals surface area contributed by atoms with Gasteiger partial charge >= 0.3 is 0 Å². The molecule has 1 aromatic carbocycles. The minimum absolute atomic E-state index is 0.716. The molecule has 2 heteroatoms. The van der Waals surface area contributed by atoms with Crippen LogP contribution >= 0.6 is 11.6 Å². The fourth-order valence-electron chi connectivity index (χ4n) is 3.02. The zero-order valence-electron chi connectivity index (χ0n) is 11.5. The Labute approximate surface area is 116 Å². The van der Waals surface area contributed by atoms with Crippen LogP contribution in [0.25, 0.3) is 0 Å². The lowest BCUT2D eigenvalue weighted by Crippen LogP contribution is -2.39. The Hall–Kier alpha value is -0.530. The minimum atomic E-state index is 0.716. The predicted octanol–water partition coefficient (Wildman–Crippen LogP) is 4.30. The Morgan fingerprint density at radius 3 is 2.56 bits per heavy atom. The van der Waals surface area contributed by atoms with Gasteiger partial charge in [0.1, 0.15) is 0 Å². The van der Waals surface area contributed by atoms with Gasteiger partial charge in [0.2, 0.25) is 0 Å². The molecule has 0 bridgehead atoms. The van der Waals surface area contributed by atoms with Crippen molar-refractivity contribution in [2.75, 3.05) is 6.54 Å². The van der Waals surface area contributed by atoms with Crippen molar-refractivity contribution in [2.45, 2.75) is 45.6 Å². The first-order chi connectivity index (χ1) is 8.65. The third kappa shape index (κ3) is 4.00.